The van der Waals surface area contributed by atoms with Crippen LogP contribution in [0, 0.1) is 23.3 Å². The summed E-state index contributed by atoms with van der Waals surface area (Å²) in [5, 5.41) is 11.9. The van der Waals surface area contributed by atoms with E-state index in [-0.39, 0.29) is 38.0 Å². The van der Waals surface area contributed by atoms with Crippen LogP contribution in [-0.4, -0.2) is 99.7 Å². The van der Waals surface area contributed by atoms with Gasteiger partial charge in [0.15, 0.2) is 8.32 Å². The summed E-state index contributed by atoms with van der Waals surface area (Å²) in [6.07, 6.45) is -2.33. The number of rotatable bonds is 15. The highest BCUT2D eigenvalue weighted by molar-refractivity contribution is 6.69. The smallest absolute Gasteiger partial charge is 0.417 e. The first-order valence-corrected chi connectivity index (χ1v) is 27.0. The monoisotopic (exact) mass is 992 g/mol. The van der Waals surface area contributed by atoms with Crippen molar-refractivity contribution in [3.05, 3.63) is 143 Å². The molecule has 2 fully saturated rings. The first-order valence-electron chi connectivity index (χ1n) is 23.6. The Balaban J connectivity index is 0.000000272. The first-order chi connectivity index (χ1) is 32.7. The van der Waals surface area contributed by atoms with Gasteiger partial charge in [0, 0.05) is 50.1 Å². The maximum absolute atomic E-state index is 14.2. The first kappa shape index (κ1) is 55.5. The number of imide groups is 2. The minimum atomic E-state index is -2.14. The third kappa shape index (κ3) is 16.6. The maximum Gasteiger partial charge on any atom is 0.417 e. The van der Waals surface area contributed by atoms with Crippen molar-refractivity contribution in [1.82, 2.24) is 14.7 Å². The second-order valence-electron chi connectivity index (χ2n) is 21.0. The van der Waals surface area contributed by atoms with Gasteiger partial charge in [-0.15, -0.1) is 0 Å². The van der Waals surface area contributed by atoms with Gasteiger partial charge in [0.2, 0.25) is 11.8 Å². The average Bonchev–Trinajstić information content (AvgIpc) is 3.82. The third-order valence-corrected chi connectivity index (χ3v) is 12.4. The molecule has 0 radical (unpaired) electrons. The molecule has 2 heterocycles. The summed E-state index contributed by atoms with van der Waals surface area (Å²) in [6.45, 7) is 17.1. The van der Waals surface area contributed by atoms with E-state index < -0.39 is 97.3 Å². The number of benzene rings is 4. The zero-order valence-electron chi connectivity index (χ0n) is 41.6. The predicted molar refractivity (Wildman–Crippen MR) is 260 cm³/mol. The molecule has 2 aliphatic heterocycles. The fourth-order valence-corrected chi connectivity index (χ4v) is 9.89. The number of ether oxygens (including phenoxy) is 2. The van der Waals surface area contributed by atoms with Crippen molar-refractivity contribution in [3.63, 3.8) is 0 Å². The number of carbonyl (C=O) groups is 4. The van der Waals surface area contributed by atoms with Gasteiger partial charge in [0.25, 0.3) is 0 Å². The van der Waals surface area contributed by atoms with Gasteiger partial charge in [-0.25, -0.2) is 37.0 Å². The average molecular weight is 993 g/mol. The molecule has 380 valence electrons. The van der Waals surface area contributed by atoms with Gasteiger partial charge in [-0.05, 0) is 133 Å². The van der Waals surface area contributed by atoms with E-state index in [1.807, 2.05) is 85.2 Å². The largest absolute Gasteiger partial charge is 0.443 e. The summed E-state index contributed by atoms with van der Waals surface area (Å²) < 4.78 is 72.9. The summed E-state index contributed by atoms with van der Waals surface area (Å²) in [5.74, 6) is -3.58. The SMILES string of the molecule is CC(C)(C)OC(=O)N1C(=O)CC[C@@H]1[C@@H](O)[C@H](Cc1cc(F)cc(F)c1)N(Cc1ccccc1)Cc1ccccc1.CC(C)(C)OC(=O)N1C(=O)CC[C@@H]1[C@@H](O[Si](C)(C)C)[C@@H](N)Cc1cc(F)cc(F)c1. The Labute approximate surface area is 410 Å². The number of amides is 4. The molecule has 0 bridgehead atoms. The molecule has 2 aliphatic rings. The number of nitrogens with two attached hydrogens (primary N) is 1. The second-order valence-corrected chi connectivity index (χ2v) is 25.4. The predicted octanol–water partition coefficient (Wildman–Crippen LogP) is 9.85. The molecule has 6 atom stereocenters. The number of hydrogen-bond donors (Lipinski definition) is 2. The zero-order valence-corrected chi connectivity index (χ0v) is 42.6. The van der Waals surface area contributed by atoms with E-state index in [9.17, 15) is 41.8 Å². The lowest BCUT2D eigenvalue weighted by Gasteiger charge is -2.39. The Bertz CT molecular complexity index is 2330. The Hall–Kier alpha value is -5.46. The van der Waals surface area contributed by atoms with Crippen LogP contribution in [0.15, 0.2) is 97.1 Å². The van der Waals surface area contributed by atoms with Gasteiger partial charge in [-0.2, -0.15) is 0 Å². The summed E-state index contributed by atoms with van der Waals surface area (Å²) in [7, 11) is -2.14. The van der Waals surface area contributed by atoms with E-state index in [4.69, 9.17) is 19.6 Å². The van der Waals surface area contributed by atoms with Crippen molar-refractivity contribution in [1.29, 1.82) is 0 Å². The number of likely N-dealkylation sites (tertiary alicyclic amines) is 2. The number of aliphatic hydroxyl groups is 1. The van der Waals surface area contributed by atoms with Crippen LogP contribution in [0.3, 0.4) is 0 Å². The zero-order chi connectivity index (χ0) is 51.7. The molecule has 2 saturated heterocycles. The van der Waals surface area contributed by atoms with Crippen LogP contribution in [0.4, 0.5) is 27.2 Å². The highest BCUT2D eigenvalue weighted by Crippen LogP contribution is 2.32. The lowest BCUT2D eigenvalue weighted by Crippen LogP contribution is -2.56. The number of hydrogen-bond acceptors (Lipinski definition) is 10. The lowest BCUT2D eigenvalue weighted by molar-refractivity contribution is -0.131. The summed E-state index contributed by atoms with van der Waals surface area (Å²) in [6, 6.07) is 23.1. The van der Waals surface area contributed by atoms with Crippen molar-refractivity contribution in [3.8, 4) is 0 Å². The van der Waals surface area contributed by atoms with Crippen molar-refractivity contribution in [2.45, 2.75) is 160 Å². The molecule has 4 amide bonds. The minimum absolute atomic E-state index is 0.0830. The number of aliphatic hydroxyl groups excluding tert-OH is 1. The molecule has 0 aliphatic carbocycles. The van der Waals surface area contributed by atoms with Gasteiger partial charge in [-0.3, -0.25) is 14.5 Å². The molecular weight excluding hydrogens is 925 g/mol. The van der Waals surface area contributed by atoms with Gasteiger partial charge < -0.3 is 24.7 Å². The summed E-state index contributed by atoms with van der Waals surface area (Å²) >= 11 is 0. The van der Waals surface area contributed by atoms with Gasteiger partial charge in [0.1, 0.15) is 34.5 Å². The van der Waals surface area contributed by atoms with Gasteiger partial charge in [-0.1, -0.05) is 60.7 Å². The molecule has 0 spiro atoms. The molecular formula is C53H68F4N4O8Si. The summed E-state index contributed by atoms with van der Waals surface area (Å²) in [5.41, 5.74) is 7.55. The molecule has 0 unspecified atom stereocenters. The van der Waals surface area contributed by atoms with E-state index in [1.165, 1.54) is 24.3 Å². The molecule has 17 heteroatoms. The Morgan fingerprint density at radius 1 is 0.657 bits per heavy atom. The third-order valence-electron chi connectivity index (χ3n) is 11.5. The number of carbonyl (C=O) groups excluding carboxylic acids is 4. The van der Waals surface area contributed by atoms with Crippen molar-refractivity contribution in [2.75, 3.05) is 0 Å². The topological polar surface area (TPSA) is 152 Å². The molecule has 12 nitrogen and oxygen atoms in total. The van der Waals surface area contributed by atoms with E-state index >= 15 is 0 Å². The normalized spacial score (nSPS) is 18.3. The molecule has 6 rings (SSSR count). The Morgan fingerprint density at radius 2 is 1.04 bits per heavy atom. The van der Waals surface area contributed by atoms with Crippen LogP contribution < -0.4 is 5.73 Å². The fraction of sp³-hybridized carbons (Fsp3) is 0.472. The molecule has 4 aromatic carbocycles. The number of nitrogens with zero attached hydrogens (tertiary/aromatic N) is 3. The van der Waals surface area contributed by atoms with E-state index in [0.717, 1.165) is 33.1 Å². The molecule has 3 N–H and O–H groups in total. The van der Waals surface area contributed by atoms with Crippen molar-refractivity contribution < 1.29 is 55.7 Å². The van der Waals surface area contributed by atoms with Crippen LogP contribution in [0.2, 0.25) is 19.6 Å². The van der Waals surface area contributed by atoms with Crippen molar-refractivity contribution in [2.24, 2.45) is 5.73 Å². The quantitative estimate of drug-likeness (QED) is 0.0870. The van der Waals surface area contributed by atoms with E-state index in [0.29, 0.717) is 30.6 Å². The maximum atomic E-state index is 14.2. The second kappa shape index (κ2) is 23.6. The van der Waals surface area contributed by atoms with Crippen LogP contribution >= 0.6 is 0 Å². The Kier molecular flexibility index (Phi) is 18.7. The minimum Gasteiger partial charge on any atom is -0.443 e. The molecule has 4 aromatic rings. The number of halogens is 4. The van der Waals surface area contributed by atoms with E-state index in [2.05, 4.69) is 0 Å². The van der Waals surface area contributed by atoms with Crippen LogP contribution in [0.25, 0.3) is 0 Å². The van der Waals surface area contributed by atoms with Gasteiger partial charge in [0.05, 0.1) is 24.3 Å². The summed E-state index contributed by atoms with van der Waals surface area (Å²) in [4.78, 5) is 55.3. The van der Waals surface area contributed by atoms with Crippen LogP contribution in [0.5, 0.6) is 0 Å². The Morgan fingerprint density at radius 3 is 1.44 bits per heavy atom. The standard InChI is InChI=1S/C32H36F2N2O4.C21H32F2N2O4Si/c1-32(2,3)40-31(39)36-27(14-15-29(36)37)30(38)28(18-24-16-25(33)19-26(34)17-24)35(20-22-10-6-4-7-11-22)21-23-12-8-5-9-13-23;1-21(2,3)28-20(27)25-17(7-8-18(25)26)19(29-30(4,5)6)16(24)11-13-9-14(22)12-15(23)10-13/h4-13,16-17,19,27-28,30,38H,14-15,18,20-21H2,1-3H3;9-10,12,16-17,19H,7-8,11,24H2,1-6H3/t27-,28+,30-;16-,17+,19-/m10/s1. The highest BCUT2D eigenvalue weighted by atomic mass is 28.4. The highest BCUT2D eigenvalue weighted by Gasteiger charge is 2.47. The lowest BCUT2D eigenvalue weighted by atomic mass is 9.92. The molecule has 70 heavy (non-hydrogen) atoms. The molecule has 0 saturated carbocycles. The van der Waals surface area contributed by atoms with Crippen molar-refractivity contribution >= 4 is 32.3 Å². The molecule has 0 aromatic heterocycles. The fourth-order valence-electron chi connectivity index (χ4n) is 8.74. The van der Waals surface area contributed by atoms with Gasteiger partial charge >= 0.3 is 12.2 Å². The van der Waals surface area contributed by atoms with Crippen LogP contribution in [0.1, 0.15) is 89.5 Å². The van der Waals surface area contributed by atoms with Crippen LogP contribution in [-0.2, 0) is 49.4 Å². The van der Waals surface area contributed by atoms with E-state index in [1.54, 1.807) is 41.5 Å².